The fourth-order valence-corrected chi connectivity index (χ4v) is 3.34. The summed E-state index contributed by atoms with van der Waals surface area (Å²) in [6.45, 7) is 3.49. The lowest BCUT2D eigenvalue weighted by molar-refractivity contribution is 0.162. The van der Waals surface area contributed by atoms with Crippen LogP contribution in [0.2, 0.25) is 5.15 Å². The van der Waals surface area contributed by atoms with Crippen LogP contribution in [0.15, 0.2) is 18.3 Å². The van der Waals surface area contributed by atoms with Crippen molar-refractivity contribution in [3.05, 3.63) is 29.0 Å². The Morgan fingerprint density at radius 1 is 1.48 bits per heavy atom. The third kappa shape index (κ3) is 6.30. The molecule has 1 saturated heterocycles. The lowest BCUT2D eigenvalue weighted by Crippen LogP contribution is -2.36. The van der Waals surface area contributed by atoms with Crippen LogP contribution < -0.4 is 4.72 Å². The average Bonchev–Trinajstić information content (AvgIpc) is 2.40. The van der Waals surface area contributed by atoms with Gasteiger partial charge in [0.05, 0.1) is 6.26 Å². The lowest BCUT2D eigenvalue weighted by Gasteiger charge is -2.32. The topological polar surface area (TPSA) is 62.3 Å². The summed E-state index contributed by atoms with van der Waals surface area (Å²) in [5.74, 6) is 0.549. The summed E-state index contributed by atoms with van der Waals surface area (Å²) in [6.07, 6.45) is 6.23. The fraction of sp³-hybridized carbons (Fsp3) is 0.643. The third-order valence-electron chi connectivity index (χ3n) is 3.71. The molecule has 7 heteroatoms. The molecule has 1 fully saturated rings. The van der Waals surface area contributed by atoms with Gasteiger partial charge in [-0.15, -0.1) is 0 Å². The molecule has 2 heterocycles. The maximum atomic E-state index is 11.1. The minimum Gasteiger partial charge on any atom is -0.299 e. The maximum Gasteiger partial charge on any atom is 0.208 e. The number of halogens is 1. The number of aromatic nitrogens is 1. The van der Waals surface area contributed by atoms with Gasteiger partial charge in [-0.1, -0.05) is 17.7 Å². The number of likely N-dealkylation sites (tertiary alicyclic amines) is 1. The van der Waals surface area contributed by atoms with Crippen molar-refractivity contribution in [2.24, 2.45) is 5.92 Å². The molecule has 0 saturated carbocycles. The van der Waals surface area contributed by atoms with Gasteiger partial charge in [0.15, 0.2) is 0 Å². The maximum absolute atomic E-state index is 11.1. The Balaban J connectivity index is 1.79. The molecule has 21 heavy (non-hydrogen) atoms. The molecule has 1 aromatic heterocycles. The first-order chi connectivity index (χ1) is 9.92. The van der Waals surface area contributed by atoms with Crippen LogP contribution in [0.25, 0.3) is 0 Å². The normalized spacial score (nSPS) is 20.6. The molecule has 1 aromatic rings. The van der Waals surface area contributed by atoms with Crippen molar-refractivity contribution in [1.82, 2.24) is 14.6 Å². The summed E-state index contributed by atoms with van der Waals surface area (Å²) < 4.78 is 24.7. The largest absolute Gasteiger partial charge is 0.299 e. The standard InChI is InChI=1S/C14H22ClN3O2S/c1-21(19,20)17-7-6-12-3-2-8-18(10-12)11-13-4-5-14(15)16-9-13/h4-5,9,12,17H,2-3,6-8,10-11H2,1H3/t12-/m1/s1. The molecule has 5 nitrogen and oxygen atoms in total. The van der Waals surface area contributed by atoms with Gasteiger partial charge in [0, 0.05) is 25.8 Å². The molecule has 1 atom stereocenters. The van der Waals surface area contributed by atoms with Crippen molar-refractivity contribution in [3.63, 3.8) is 0 Å². The van der Waals surface area contributed by atoms with Gasteiger partial charge in [-0.05, 0) is 43.4 Å². The highest BCUT2D eigenvalue weighted by molar-refractivity contribution is 7.88. The predicted molar refractivity (Wildman–Crippen MR) is 84.7 cm³/mol. The zero-order chi connectivity index (χ0) is 15.3. The number of nitrogens with one attached hydrogen (secondary N) is 1. The Morgan fingerprint density at radius 3 is 2.95 bits per heavy atom. The number of hydrogen-bond acceptors (Lipinski definition) is 4. The van der Waals surface area contributed by atoms with Crippen LogP contribution in [-0.4, -0.2) is 44.2 Å². The third-order valence-corrected chi connectivity index (χ3v) is 4.67. The van der Waals surface area contributed by atoms with Crippen molar-refractivity contribution in [2.75, 3.05) is 25.9 Å². The predicted octanol–water partition coefficient (Wildman–Crippen LogP) is 1.89. The molecule has 0 aliphatic carbocycles. The van der Waals surface area contributed by atoms with Gasteiger partial charge in [0.25, 0.3) is 0 Å². The summed E-state index contributed by atoms with van der Waals surface area (Å²) in [5.41, 5.74) is 1.16. The molecule has 1 aliphatic heterocycles. The highest BCUT2D eigenvalue weighted by atomic mass is 35.5. The van der Waals surface area contributed by atoms with Crippen LogP contribution in [0.1, 0.15) is 24.8 Å². The molecule has 0 aromatic carbocycles. The molecule has 1 aliphatic rings. The highest BCUT2D eigenvalue weighted by Crippen LogP contribution is 2.21. The van der Waals surface area contributed by atoms with E-state index in [0.29, 0.717) is 17.6 Å². The van der Waals surface area contributed by atoms with Gasteiger partial charge in [0.2, 0.25) is 10.0 Å². The first kappa shape index (κ1) is 16.7. The van der Waals surface area contributed by atoms with Crippen LogP contribution in [0, 0.1) is 5.92 Å². The van der Waals surface area contributed by atoms with E-state index in [9.17, 15) is 8.42 Å². The fourth-order valence-electron chi connectivity index (χ4n) is 2.74. The SMILES string of the molecule is CS(=O)(=O)NCC[C@H]1CCCN(Cc2ccc(Cl)nc2)C1. The van der Waals surface area contributed by atoms with Crippen molar-refractivity contribution in [2.45, 2.75) is 25.8 Å². The van der Waals surface area contributed by atoms with Crippen LogP contribution >= 0.6 is 11.6 Å². The molecular formula is C14H22ClN3O2S. The van der Waals surface area contributed by atoms with E-state index < -0.39 is 10.0 Å². The van der Waals surface area contributed by atoms with E-state index in [1.807, 2.05) is 18.3 Å². The van der Waals surface area contributed by atoms with Crippen molar-refractivity contribution in [3.8, 4) is 0 Å². The summed E-state index contributed by atoms with van der Waals surface area (Å²) in [7, 11) is -3.08. The molecule has 0 radical (unpaired) electrons. The smallest absolute Gasteiger partial charge is 0.208 e. The van der Waals surface area contributed by atoms with Crippen LogP contribution in [-0.2, 0) is 16.6 Å². The summed E-state index contributed by atoms with van der Waals surface area (Å²) in [6, 6.07) is 3.82. The second kappa shape index (κ2) is 7.54. The highest BCUT2D eigenvalue weighted by Gasteiger charge is 2.20. The van der Waals surface area contributed by atoms with Gasteiger partial charge in [-0.2, -0.15) is 0 Å². The first-order valence-corrected chi connectivity index (χ1v) is 9.47. The van der Waals surface area contributed by atoms with Gasteiger partial charge in [-0.25, -0.2) is 18.1 Å². The number of pyridine rings is 1. The Bertz CT molecular complexity index is 548. The summed E-state index contributed by atoms with van der Waals surface area (Å²) in [4.78, 5) is 6.50. The summed E-state index contributed by atoms with van der Waals surface area (Å²) >= 11 is 5.79. The van der Waals surface area contributed by atoms with Crippen molar-refractivity contribution in [1.29, 1.82) is 0 Å². The van der Waals surface area contributed by atoms with Gasteiger partial charge >= 0.3 is 0 Å². The monoisotopic (exact) mass is 331 g/mol. The molecule has 2 rings (SSSR count). The zero-order valence-corrected chi connectivity index (χ0v) is 13.8. The number of nitrogens with zero attached hydrogens (tertiary/aromatic N) is 2. The number of hydrogen-bond donors (Lipinski definition) is 1. The first-order valence-electron chi connectivity index (χ1n) is 7.20. The van der Waals surface area contributed by atoms with Crippen LogP contribution in [0.3, 0.4) is 0 Å². The molecule has 0 spiro atoms. The number of rotatable bonds is 6. The Morgan fingerprint density at radius 2 is 2.29 bits per heavy atom. The van der Waals surface area contributed by atoms with E-state index in [1.165, 1.54) is 12.7 Å². The van der Waals surface area contributed by atoms with Gasteiger partial charge < -0.3 is 0 Å². The number of piperidine rings is 1. The summed E-state index contributed by atoms with van der Waals surface area (Å²) in [5, 5.41) is 0.516. The molecule has 118 valence electrons. The molecular weight excluding hydrogens is 310 g/mol. The zero-order valence-electron chi connectivity index (χ0n) is 12.3. The second-order valence-corrected chi connectivity index (χ2v) is 7.91. The molecule has 0 bridgehead atoms. The average molecular weight is 332 g/mol. The second-order valence-electron chi connectivity index (χ2n) is 5.69. The van der Waals surface area contributed by atoms with E-state index in [0.717, 1.165) is 38.0 Å². The Kier molecular flexibility index (Phi) is 5.98. The van der Waals surface area contributed by atoms with Crippen LogP contribution in [0.4, 0.5) is 0 Å². The van der Waals surface area contributed by atoms with Gasteiger partial charge in [-0.3, -0.25) is 4.90 Å². The molecule has 1 N–H and O–H groups in total. The van der Waals surface area contributed by atoms with Crippen molar-refractivity contribution >= 4 is 21.6 Å². The van der Waals surface area contributed by atoms with E-state index >= 15 is 0 Å². The minimum absolute atomic E-state index is 0.516. The molecule has 0 amide bonds. The quantitative estimate of drug-likeness (QED) is 0.809. The lowest BCUT2D eigenvalue weighted by atomic mass is 9.94. The van der Waals surface area contributed by atoms with E-state index in [1.54, 1.807) is 0 Å². The van der Waals surface area contributed by atoms with E-state index in [-0.39, 0.29) is 0 Å². The minimum atomic E-state index is -3.08. The molecule has 0 unspecified atom stereocenters. The van der Waals surface area contributed by atoms with Gasteiger partial charge in [0.1, 0.15) is 5.15 Å². The number of sulfonamides is 1. The van der Waals surface area contributed by atoms with E-state index in [2.05, 4.69) is 14.6 Å². The van der Waals surface area contributed by atoms with Crippen LogP contribution in [0.5, 0.6) is 0 Å². The van der Waals surface area contributed by atoms with Crippen molar-refractivity contribution < 1.29 is 8.42 Å². The Hall–Kier alpha value is -0.690. The van der Waals surface area contributed by atoms with E-state index in [4.69, 9.17) is 11.6 Å². The Labute approximate surface area is 131 Å².